The van der Waals surface area contributed by atoms with Gasteiger partial charge in [0.2, 0.25) is 0 Å². The number of aryl methyl sites for hydroxylation is 2. The Hall–Kier alpha value is -2.50. The van der Waals surface area contributed by atoms with E-state index in [2.05, 4.69) is 14.9 Å². The Morgan fingerprint density at radius 1 is 1.23 bits per heavy atom. The molecule has 116 valence electrons. The van der Waals surface area contributed by atoms with Crippen molar-refractivity contribution in [3.05, 3.63) is 35.9 Å². The van der Waals surface area contributed by atoms with E-state index in [9.17, 15) is 4.79 Å². The minimum Gasteiger partial charge on any atom is -0.493 e. The fourth-order valence-electron chi connectivity index (χ4n) is 2.63. The summed E-state index contributed by atoms with van der Waals surface area (Å²) in [6.45, 7) is 0.936. The Labute approximate surface area is 129 Å². The number of nitrogens with one attached hydrogen (secondary N) is 1. The predicted molar refractivity (Wildman–Crippen MR) is 82.7 cm³/mol. The standard InChI is InChI=1S/C16H19N3O3/c1-21-13-7-6-11(9-14(13)22-2)17-16(20)12-10-19-8-4-3-5-15(19)18-12/h6-7,9-10H,3-5,8H2,1-2H3,(H,17,20). The number of anilines is 1. The molecule has 22 heavy (non-hydrogen) atoms. The van der Waals surface area contributed by atoms with Gasteiger partial charge in [0.15, 0.2) is 11.5 Å². The van der Waals surface area contributed by atoms with Gasteiger partial charge in [-0.1, -0.05) is 0 Å². The summed E-state index contributed by atoms with van der Waals surface area (Å²) in [7, 11) is 3.14. The lowest BCUT2D eigenvalue weighted by atomic mass is 10.2. The number of nitrogens with zero attached hydrogens (tertiary/aromatic N) is 2. The Balaban J connectivity index is 1.77. The fourth-order valence-corrected chi connectivity index (χ4v) is 2.63. The van der Waals surface area contributed by atoms with E-state index in [1.54, 1.807) is 32.4 Å². The third kappa shape index (κ3) is 2.77. The summed E-state index contributed by atoms with van der Waals surface area (Å²) >= 11 is 0. The van der Waals surface area contributed by atoms with Crippen molar-refractivity contribution in [3.63, 3.8) is 0 Å². The second kappa shape index (κ2) is 6.09. The minimum atomic E-state index is -0.214. The van der Waals surface area contributed by atoms with Gasteiger partial charge in [-0.2, -0.15) is 0 Å². The molecule has 1 aromatic carbocycles. The summed E-state index contributed by atoms with van der Waals surface area (Å²) in [5.74, 6) is 1.97. The summed E-state index contributed by atoms with van der Waals surface area (Å²) < 4.78 is 12.5. The molecule has 0 fully saturated rings. The highest BCUT2D eigenvalue weighted by atomic mass is 16.5. The van der Waals surface area contributed by atoms with E-state index in [0.717, 1.165) is 31.6 Å². The smallest absolute Gasteiger partial charge is 0.275 e. The van der Waals surface area contributed by atoms with Gasteiger partial charge in [0.1, 0.15) is 11.5 Å². The van der Waals surface area contributed by atoms with Gasteiger partial charge in [-0.05, 0) is 25.0 Å². The third-order valence-electron chi connectivity index (χ3n) is 3.78. The van der Waals surface area contributed by atoms with Crippen LogP contribution in [-0.2, 0) is 13.0 Å². The van der Waals surface area contributed by atoms with Crippen LogP contribution in [0.15, 0.2) is 24.4 Å². The summed E-state index contributed by atoms with van der Waals surface area (Å²) in [5.41, 5.74) is 1.10. The van der Waals surface area contributed by atoms with Crippen LogP contribution in [-0.4, -0.2) is 29.7 Å². The zero-order chi connectivity index (χ0) is 15.5. The SMILES string of the molecule is COc1ccc(NC(=O)c2cn3c(n2)CCCC3)cc1OC. The highest BCUT2D eigenvalue weighted by molar-refractivity contribution is 6.03. The molecule has 0 saturated heterocycles. The number of imidazole rings is 1. The maximum atomic E-state index is 12.3. The zero-order valence-electron chi connectivity index (χ0n) is 12.8. The lowest BCUT2D eigenvalue weighted by Crippen LogP contribution is -2.12. The van der Waals surface area contributed by atoms with Gasteiger partial charge in [-0.25, -0.2) is 4.98 Å². The van der Waals surface area contributed by atoms with E-state index in [-0.39, 0.29) is 5.91 Å². The molecule has 2 heterocycles. The first-order valence-corrected chi connectivity index (χ1v) is 7.30. The molecule has 2 aromatic rings. The molecule has 0 unspecified atom stereocenters. The Kier molecular flexibility index (Phi) is 4.00. The summed E-state index contributed by atoms with van der Waals surface area (Å²) in [6, 6.07) is 5.26. The number of hydrogen-bond donors (Lipinski definition) is 1. The molecule has 0 radical (unpaired) electrons. The quantitative estimate of drug-likeness (QED) is 0.942. The molecule has 0 spiro atoms. The largest absolute Gasteiger partial charge is 0.493 e. The number of carbonyl (C=O) groups is 1. The highest BCUT2D eigenvalue weighted by Crippen LogP contribution is 2.29. The number of hydrogen-bond acceptors (Lipinski definition) is 4. The number of fused-ring (bicyclic) bond motifs is 1. The van der Waals surface area contributed by atoms with Crippen molar-refractivity contribution < 1.29 is 14.3 Å². The lowest BCUT2D eigenvalue weighted by molar-refractivity contribution is 0.102. The second-order valence-corrected chi connectivity index (χ2v) is 5.22. The molecule has 6 nitrogen and oxygen atoms in total. The number of methoxy groups -OCH3 is 2. The average Bonchev–Trinajstić information content (AvgIpc) is 2.99. The van der Waals surface area contributed by atoms with Crippen LogP contribution in [0.2, 0.25) is 0 Å². The van der Waals surface area contributed by atoms with E-state index in [1.165, 1.54) is 0 Å². The van der Waals surface area contributed by atoms with Crippen molar-refractivity contribution in [2.45, 2.75) is 25.8 Å². The Morgan fingerprint density at radius 3 is 2.77 bits per heavy atom. The van der Waals surface area contributed by atoms with E-state index >= 15 is 0 Å². The van der Waals surface area contributed by atoms with E-state index in [1.807, 2.05) is 6.20 Å². The first-order valence-electron chi connectivity index (χ1n) is 7.30. The van der Waals surface area contributed by atoms with Crippen LogP contribution in [0.25, 0.3) is 0 Å². The van der Waals surface area contributed by atoms with Crippen molar-refractivity contribution in [1.82, 2.24) is 9.55 Å². The molecule has 1 aliphatic heterocycles. The van der Waals surface area contributed by atoms with Crippen molar-refractivity contribution in [3.8, 4) is 11.5 Å². The van der Waals surface area contributed by atoms with Crippen molar-refractivity contribution in [2.24, 2.45) is 0 Å². The van der Waals surface area contributed by atoms with Crippen molar-refractivity contribution in [1.29, 1.82) is 0 Å². The highest BCUT2D eigenvalue weighted by Gasteiger charge is 2.17. The van der Waals surface area contributed by atoms with Crippen LogP contribution in [0.4, 0.5) is 5.69 Å². The topological polar surface area (TPSA) is 65.4 Å². The maximum absolute atomic E-state index is 12.3. The summed E-state index contributed by atoms with van der Waals surface area (Å²) in [6.07, 6.45) is 5.03. The van der Waals surface area contributed by atoms with Crippen LogP contribution in [0, 0.1) is 0 Å². The van der Waals surface area contributed by atoms with Crippen LogP contribution < -0.4 is 14.8 Å². The second-order valence-electron chi connectivity index (χ2n) is 5.22. The van der Waals surface area contributed by atoms with Gasteiger partial charge in [0.05, 0.1) is 14.2 Å². The molecular weight excluding hydrogens is 282 g/mol. The molecule has 1 aromatic heterocycles. The minimum absolute atomic E-state index is 0.214. The first kappa shape index (κ1) is 14.4. The monoisotopic (exact) mass is 301 g/mol. The molecule has 1 amide bonds. The molecule has 6 heteroatoms. The number of amides is 1. The number of benzene rings is 1. The Morgan fingerprint density at radius 2 is 2.05 bits per heavy atom. The summed E-state index contributed by atoms with van der Waals surface area (Å²) in [5, 5.41) is 2.84. The van der Waals surface area contributed by atoms with Gasteiger partial charge < -0.3 is 19.4 Å². The molecule has 0 bridgehead atoms. The van der Waals surface area contributed by atoms with Gasteiger partial charge in [0, 0.05) is 30.9 Å². The number of aromatic nitrogens is 2. The average molecular weight is 301 g/mol. The van der Waals surface area contributed by atoms with Crippen LogP contribution in [0.5, 0.6) is 11.5 Å². The van der Waals surface area contributed by atoms with Gasteiger partial charge >= 0.3 is 0 Å². The van der Waals surface area contributed by atoms with Gasteiger partial charge in [0.25, 0.3) is 5.91 Å². The number of rotatable bonds is 4. The molecule has 1 aliphatic rings. The summed E-state index contributed by atoms with van der Waals surface area (Å²) in [4.78, 5) is 16.7. The third-order valence-corrected chi connectivity index (χ3v) is 3.78. The van der Waals surface area contributed by atoms with E-state index < -0.39 is 0 Å². The molecule has 3 rings (SSSR count). The van der Waals surface area contributed by atoms with Gasteiger partial charge in [-0.3, -0.25) is 4.79 Å². The predicted octanol–water partition coefficient (Wildman–Crippen LogP) is 2.49. The van der Waals surface area contributed by atoms with Crippen LogP contribution in [0.1, 0.15) is 29.2 Å². The molecular formula is C16H19N3O3. The number of ether oxygens (including phenoxy) is 2. The first-order chi connectivity index (χ1) is 10.7. The zero-order valence-corrected chi connectivity index (χ0v) is 12.8. The molecule has 0 atom stereocenters. The lowest BCUT2D eigenvalue weighted by Gasteiger charge is -2.11. The molecule has 0 aliphatic carbocycles. The molecule has 0 saturated carbocycles. The van der Waals surface area contributed by atoms with Crippen molar-refractivity contribution in [2.75, 3.05) is 19.5 Å². The van der Waals surface area contributed by atoms with E-state index in [0.29, 0.717) is 22.9 Å². The normalized spacial score (nSPS) is 13.4. The van der Waals surface area contributed by atoms with Crippen LogP contribution in [0.3, 0.4) is 0 Å². The van der Waals surface area contributed by atoms with Crippen LogP contribution >= 0.6 is 0 Å². The molecule has 1 N–H and O–H groups in total. The Bertz CT molecular complexity index is 670. The maximum Gasteiger partial charge on any atom is 0.275 e. The number of carbonyl (C=O) groups excluding carboxylic acids is 1. The van der Waals surface area contributed by atoms with E-state index in [4.69, 9.17) is 9.47 Å². The van der Waals surface area contributed by atoms with Gasteiger partial charge in [-0.15, -0.1) is 0 Å². The van der Waals surface area contributed by atoms with Crippen molar-refractivity contribution >= 4 is 11.6 Å². The fraction of sp³-hybridized carbons (Fsp3) is 0.375.